The Balaban J connectivity index is 1.39. The van der Waals surface area contributed by atoms with Crippen molar-refractivity contribution in [2.45, 2.75) is 33.0 Å². The van der Waals surface area contributed by atoms with Gasteiger partial charge in [0.2, 0.25) is 0 Å². The topological polar surface area (TPSA) is 72.9 Å². The van der Waals surface area contributed by atoms with Gasteiger partial charge in [-0.25, -0.2) is 0 Å². The number of hydrogen-bond donors (Lipinski definition) is 0. The van der Waals surface area contributed by atoms with Crippen molar-refractivity contribution in [1.82, 2.24) is 4.90 Å². The zero-order valence-electron chi connectivity index (χ0n) is 19.0. The van der Waals surface area contributed by atoms with E-state index in [-0.39, 0.29) is 17.6 Å². The Labute approximate surface area is 202 Å². The van der Waals surface area contributed by atoms with Crippen LogP contribution in [0.1, 0.15) is 31.4 Å². The highest BCUT2D eigenvalue weighted by Crippen LogP contribution is 2.32. The number of ether oxygens (including phenoxy) is 2. The number of nitrogens with zero attached hydrogens (tertiary/aromatic N) is 1. The summed E-state index contributed by atoms with van der Waals surface area (Å²) in [5.74, 6) is -0.385. The number of carbonyl (C=O) groups excluding carboxylic acids is 3. The molecule has 6 nitrogen and oxygen atoms in total. The summed E-state index contributed by atoms with van der Waals surface area (Å²) >= 11 is 0.816. The number of rotatable bonds is 8. The summed E-state index contributed by atoms with van der Waals surface area (Å²) in [6.45, 7) is 3.71. The highest BCUT2D eigenvalue weighted by Gasteiger charge is 2.36. The maximum atomic E-state index is 12.6. The summed E-state index contributed by atoms with van der Waals surface area (Å²) in [5.41, 5.74) is 1.85. The lowest BCUT2D eigenvalue weighted by Crippen LogP contribution is -2.35. The van der Waals surface area contributed by atoms with Crippen molar-refractivity contribution in [1.29, 1.82) is 0 Å². The first-order chi connectivity index (χ1) is 16.4. The number of esters is 1. The van der Waals surface area contributed by atoms with Crippen LogP contribution in [0.4, 0.5) is 4.79 Å². The number of thioether (sulfide) groups is 1. The highest BCUT2D eigenvalue weighted by atomic mass is 32.2. The summed E-state index contributed by atoms with van der Waals surface area (Å²) < 4.78 is 11.1. The number of hydrogen-bond acceptors (Lipinski definition) is 6. The van der Waals surface area contributed by atoms with Crippen LogP contribution in [0.25, 0.3) is 16.8 Å². The van der Waals surface area contributed by atoms with Crippen LogP contribution in [-0.2, 0) is 20.9 Å². The number of amides is 2. The van der Waals surface area contributed by atoms with Gasteiger partial charge in [0.15, 0.2) is 0 Å². The molecule has 174 valence electrons. The van der Waals surface area contributed by atoms with Crippen LogP contribution in [0.3, 0.4) is 0 Å². The average Bonchev–Trinajstić information content (AvgIpc) is 3.10. The minimum absolute atomic E-state index is 0.260. The SMILES string of the molecule is CC[C@H](C)OC(=O)CN1C(=O)S/C(=C/c2ccc(OCc3cccc4ccccc34)cc2)C1=O. The number of imide groups is 1. The third-order valence-corrected chi connectivity index (χ3v) is 6.43. The second-order valence-electron chi connectivity index (χ2n) is 7.97. The average molecular weight is 476 g/mol. The zero-order valence-corrected chi connectivity index (χ0v) is 19.8. The van der Waals surface area contributed by atoms with E-state index in [1.54, 1.807) is 13.0 Å². The van der Waals surface area contributed by atoms with Gasteiger partial charge in [-0.2, -0.15) is 0 Å². The summed E-state index contributed by atoms with van der Waals surface area (Å²) in [4.78, 5) is 38.0. The van der Waals surface area contributed by atoms with E-state index in [4.69, 9.17) is 9.47 Å². The van der Waals surface area contributed by atoms with Crippen molar-refractivity contribution in [3.63, 3.8) is 0 Å². The Morgan fingerprint density at radius 1 is 1.03 bits per heavy atom. The fourth-order valence-corrected chi connectivity index (χ4v) is 4.34. The minimum atomic E-state index is -0.592. The Hall–Kier alpha value is -3.58. The zero-order chi connectivity index (χ0) is 24.1. The number of benzene rings is 3. The Kier molecular flexibility index (Phi) is 7.33. The van der Waals surface area contributed by atoms with Crippen molar-refractivity contribution >= 4 is 45.7 Å². The third-order valence-electron chi connectivity index (χ3n) is 5.52. The van der Waals surface area contributed by atoms with Crippen LogP contribution in [0.5, 0.6) is 5.75 Å². The maximum absolute atomic E-state index is 12.6. The molecule has 0 unspecified atom stereocenters. The largest absolute Gasteiger partial charge is 0.489 e. The van der Waals surface area contributed by atoms with Gasteiger partial charge < -0.3 is 9.47 Å². The van der Waals surface area contributed by atoms with Gasteiger partial charge in [0.1, 0.15) is 18.9 Å². The molecule has 7 heteroatoms. The quantitative estimate of drug-likeness (QED) is 0.303. The van der Waals surface area contributed by atoms with Crippen LogP contribution in [0.2, 0.25) is 0 Å². The van der Waals surface area contributed by atoms with Gasteiger partial charge in [-0.15, -0.1) is 0 Å². The predicted octanol–water partition coefficient (Wildman–Crippen LogP) is 5.80. The highest BCUT2D eigenvalue weighted by molar-refractivity contribution is 8.18. The molecule has 0 N–H and O–H groups in total. The van der Waals surface area contributed by atoms with Gasteiger partial charge in [0.25, 0.3) is 11.1 Å². The lowest BCUT2D eigenvalue weighted by molar-refractivity contribution is -0.150. The fourth-order valence-electron chi connectivity index (χ4n) is 3.50. The first kappa shape index (κ1) is 23.6. The van der Waals surface area contributed by atoms with Crippen LogP contribution < -0.4 is 4.74 Å². The van der Waals surface area contributed by atoms with Crippen molar-refractivity contribution in [3.05, 3.63) is 82.8 Å². The molecule has 0 bridgehead atoms. The Morgan fingerprint density at radius 2 is 1.76 bits per heavy atom. The van der Waals surface area contributed by atoms with Crippen LogP contribution in [0.15, 0.2) is 71.6 Å². The first-order valence-corrected chi connectivity index (χ1v) is 11.9. The molecule has 1 aliphatic rings. The molecule has 1 heterocycles. The fraction of sp³-hybridized carbons (Fsp3) is 0.222. The van der Waals surface area contributed by atoms with Gasteiger partial charge in [-0.1, -0.05) is 61.5 Å². The van der Waals surface area contributed by atoms with E-state index in [2.05, 4.69) is 18.2 Å². The maximum Gasteiger partial charge on any atom is 0.326 e. The van der Waals surface area contributed by atoms with Crippen molar-refractivity contribution in [3.8, 4) is 5.75 Å². The molecule has 3 aromatic rings. The predicted molar refractivity (Wildman–Crippen MR) is 133 cm³/mol. The molecule has 0 aromatic heterocycles. The van der Waals surface area contributed by atoms with Crippen molar-refractivity contribution in [2.24, 2.45) is 0 Å². The van der Waals surface area contributed by atoms with Gasteiger partial charge >= 0.3 is 5.97 Å². The molecule has 1 saturated heterocycles. The summed E-state index contributed by atoms with van der Waals surface area (Å²) in [5, 5.41) is 1.85. The number of fused-ring (bicyclic) bond motifs is 1. The summed E-state index contributed by atoms with van der Waals surface area (Å²) in [7, 11) is 0. The summed E-state index contributed by atoms with van der Waals surface area (Å²) in [6, 6.07) is 21.6. The molecule has 0 radical (unpaired) electrons. The molecule has 0 aliphatic carbocycles. The smallest absolute Gasteiger partial charge is 0.326 e. The van der Waals surface area contributed by atoms with E-state index in [1.807, 2.05) is 55.5 Å². The number of carbonyl (C=O) groups is 3. The van der Waals surface area contributed by atoms with Crippen LogP contribution >= 0.6 is 11.8 Å². The second kappa shape index (κ2) is 10.6. The van der Waals surface area contributed by atoms with E-state index < -0.39 is 17.1 Å². The van der Waals surface area contributed by atoms with Gasteiger partial charge in [0.05, 0.1) is 11.0 Å². The normalized spacial score (nSPS) is 15.7. The van der Waals surface area contributed by atoms with E-state index in [1.165, 1.54) is 5.39 Å². The molecule has 3 aromatic carbocycles. The first-order valence-electron chi connectivity index (χ1n) is 11.1. The minimum Gasteiger partial charge on any atom is -0.489 e. The molecular weight excluding hydrogens is 450 g/mol. The van der Waals surface area contributed by atoms with Crippen LogP contribution in [-0.4, -0.2) is 34.7 Å². The lowest BCUT2D eigenvalue weighted by Gasteiger charge is -2.14. The summed E-state index contributed by atoms with van der Waals surface area (Å²) in [6.07, 6.45) is 2.04. The molecule has 34 heavy (non-hydrogen) atoms. The molecule has 1 aliphatic heterocycles. The van der Waals surface area contributed by atoms with Gasteiger partial charge in [-0.05, 0) is 65.2 Å². The van der Waals surface area contributed by atoms with E-state index in [0.717, 1.165) is 33.2 Å². The standard InChI is InChI=1S/C27H25NO5S/c1-3-18(2)33-25(29)16-28-26(30)24(34-27(28)31)15-19-11-13-22(14-12-19)32-17-21-9-6-8-20-7-4-5-10-23(20)21/h4-15,18H,3,16-17H2,1-2H3/b24-15+/t18-/m0/s1. The lowest BCUT2D eigenvalue weighted by atomic mass is 10.1. The van der Waals surface area contributed by atoms with E-state index in [0.29, 0.717) is 18.8 Å². The monoisotopic (exact) mass is 475 g/mol. The van der Waals surface area contributed by atoms with Gasteiger partial charge in [-0.3, -0.25) is 19.3 Å². The molecule has 0 saturated carbocycles. The molecule has 1 fully saturated rings. The third kappa shape index (κ3) is 5.48. The molecule has 0 spiro atoms. The van der Waals surface area contributed by atoms with Crippen molar-refractivity contribution in [2.75, 3.05) is 6.54 Å². The Morgan fingerprint density at radius 3 is 2.53 bits per heavy atom. The molecular formula is C27H25NO5S. The van der Waals surface area contributed by atoms with Crippen molar-refractivity contribution < 1.29 is 23.9 Å². The van der Waals surface area contributed by atoms with Crippen LogP contribution in [0, 0.1) is 0 Å². The molecule has 4 rings (SSSR count). The second-order valence-corrected chi connectivity index (χ2v) is 8.97. The van der Waals surface area contributed by atoms with Gasteiger partial charge in [0, 0.05) is 0 Å². The van der Waals surface area contributed by atoms with E-state index in [9.17, 15) is 14.4 Å². The molecule has 2 amide bonds. The van der Waals surface area contributed by atoms with E-state index >= 15 is 0 Å². The molecule has 1 atom stereocenters. The Bertz CT molecular complexity index is 1250.